The molecule has 2 aromatic heterocycles. The molecule has 0 amide bonds. The molecule has 10 heteroatoms. The summed E-state index contributed by atoms with van der Waals surface area (Å²) >= 11 is 2.92. The smallest absolute Gasteiger partial charge is 0.338 e. The summed E-state index contributed by atoms with van der Waals surface area (Å²) < 4.78 is 15.6. The Labute approximate surface area is 304 Å². The van der Waals surface area contributed by atoms with Gasteiger partial charge in [-0.15, -0.1) is 11.8 Å². The number of benzene rings is 4. The second-order valence-corrected chi connectivity index (χ2v) is 14.2. The molecule has 0 spiro atoms. The van der Waals surface area contributed by atoms with Crippen LogP contribution in [0, 0.1) is 0 Å². The number of thiazole rings is 1. The number of esters is 1. The standard InChI is InChI=1S/C41H36N4O4S2/c1-26(2)49-33-19-15-29(16-20-33)37-31(24-44(43-37)32-13-9-6-10-14-32)23-35-39(46)45-38(30-17-21-34(50-4)22-18-30)36(27(3)42-41(45)51-35)40(47)48-25-28-11-7-5-8-12-28/h5-24,26,38H,25H2,1-4H3. The average Bonchev–Trinajstić information content (AvgIpc) is 3.71. The van der Waals surface area contributed by atoms with Crippen molar-refractivity contribution in [3.05, 3.63) is 163 Å². The third-order valence-corrected chi connectivity index (χ3v) is 10.2. The van der Waals surface area contributed by atoms with E-state index in [1.54, 1.807) is 23.3 Å². The van der Waals surface area contributed by atoms with Crippen molar-refractivity contribution in [1.82, 2.24) is 14.3 Å². The number of carbonyl (C=O) groups is 1. The van der Waals surface area contributed by atoms with Crippen LogP contribution >= 0.6 is 23.1 Å². The molecule has 1 aliphatic rings. The molecule has 6 aromatic rings. The molecule has 4 aromatic carbocycles. The normalized spacial score (nSPS) is 14.4. The predicted molar refractivity (Wildman–Crippen MR) is 203 cm³/mol. The van der Waals surface area contributed by atoms with Gasteiger partial charge in [0.1, 0.15) is 18.1 Å². The SMILES string of the molecule is CSc1ccc(C2C(C(=O)OCc3ccccc3)=C(C)N=c3sc(=Cc4cn(-c5ccccc5)nc4-c4ccc(OC(C)C)cc4)c(=O)n32)cc1. The number of fused-ring (bicyclic) bond motifs is 1. The molecular formula is C41H36N4O4S2. The number of nitrogens with zero attached hydrogens (tertiary/aromatic N) is 4. The van der Waals surface area contributed by atoms with Crippen LogP contribution < -0.4 is 19.6 Å². The van der Waals surface area contributed by atoms with Crippen LogP contribution in [0.4, 0.5) is 0 Å². The summed E-state index contributed by atoms with van der Waals surface area (Å²) in [4.78, 5) is 34.7. The maximum Gasteiger partial charge on any atom is 0.338 e. The van der Waals surface area contributed by atoms with Gasteiger partial charge >= 0.3 is 5.97 Å². The Bertz CT molecular complexity index is 2390. The molecule has 1 aliphatic heterocycles. The molecule has 0 saturated heterocycles. The van der Waals surface area contributed by atoms with E-state index in [4.69, 9.17) is 19.6 Å². The van der Waals surface area contributed by atoms with Gasteiger partial charge in [-0.2, -0.15) is 5.10 Å². The van der Waals surface area contributed by atoms with Crippen LogP contribution in [0.2, 0.25) is 0 Å². The maximum atomic E-state index is 14.5. The highest BCUT2D eigenvalue weighted by molar-refractivity contribution is 7.98. The zero-order valence-corrected chi connectivity index (χ0v) is 30.3. The Morgan fingerprint density at radius 2 is 1.63 bits per heavy atom. The van der Waals surface area contributed by atoms with E-state index in [1.807, 2.05) is 146 Å². The number of carbonyl (C=O) groups excluding carboxylic acids is 1. The van der Waals surface area contributed by atoms with Crippen molar-refractivity contribution in [3.63, 3.8) is 0 Å². The number of allylic oxidation sites excluding steroid dienone is 1. The Morgan fingerprint density at radius 3 is 2.29 bits per heavy atom. The molecule has 256 valence electrons. The highest BCUT2D eigenvalue weighted by atomic mass is 32.2. The Kier molecular flexibility index (Phi) is 9.87. The quantitative estimate of drug-likeness (QED) is 0.109. The molecule has 0 fully saturated rings. The van der Waals surface area contributed by atoms with Crippen LogP contribution in [-0.2, 0) is 16.1 Å². The summed E-state index contributed by atoms with van der Waals surface area (Å²) in [5.41, 5.74) is 5.52. The minimum absolute atomic E-state index is 0.0527. The van der Waals surface area contributed by atoms with Crippen molar-refractivity contribution in [2.75, 3.05) is 6.26 Å². The number of thioether (sulfide) groups is 1. The highest BCUT2D eigenvalue weighted by Gasteiger charge is 2.33. The van der Waals surface area contributed by atoms with Gasteiger partial charge in [-0.25, -0.2) is 14.5 Å². The zero-order chi connectivity index (χ0) is 35.5. The summed E-state index contributed by atoms with van der Waals surface area (Å²) in [7, 11) is 0. The number of ether oxygens (including phenoxy) is 2. The van der Waals surface area contributed by atoms with Gasteiger partial charge in [-0.05, 0) is 92.8 Å². The molecular weight excluding hydrogens is 677 g/mol. The van der Waals surface area contributed by atoms with E-state index < -0.39 is 12.0 Å². The van der Waals surface area contributed by atoms with Crippen molar-refractivity contribution in [2.45, 2.75) is 44.4 Å². The Hall–Kier alpha value is -5.45. The van der Waals surface area contributed by atoms with Gasteiger partial charge in [-0.1, -0.05) is 72.0 Å². The summed E-state index contributed by atoms with van der Waals surface area (Å²) in [6.07, 6.45) is 5.86. The average molecular weight is 713 g/mol. The van der Waals surface area contributed by atoms with Crippen LogP contribution in [0.3, 0.4) is 0 Å². The monoisotopic (exact) mass is 712 g/mol. The van der Waals surface area contributed by atoms with Crippen LogP contribution in [0.15, 0.2) is 141 Å². The van der Waals surface area contributed by atoms with E-state index in [-0.39, 0.29) is 18.3 Å². The first-order valence-corrected chi connectivity index (χ1v) is 18.6. The van der Waals surface area contributed by atoms with E-state index in [9.17, 15) is 9.59 Å². The fourth-order valence-corrected chi connectivity index (χ4v) is 7.47. The predicted octanol–water partition coefficient (Wildman–Crippen LogP) is 7.34. The first-order chi connectivity index (χ1) is 24.8. The van der Waals surface area contributed by atoms with Gasteiger partial charge in [0.2, 0.25) is 0 Å². The first-order valence-electron chi connectivity index (χ1n) is 16.6. The molecule has 0 radical (unpaired) electrons. The van der Waals surface area contributed by atoms with E-state index >= 15 is 0 Å². The van der Waals surface area contributed by atoms with Crippen molar-refractivity contribution in [2.24, 2.45) is 4.99 Å². The van der Waals surface area contributed by atoms with E-state index in [0.717, 1.165) is 38.6 Å². The first kappa shape index (κ1) is 34.0. The summed E-state index contributed by atoms with van der Waals surface area (Å²) in [5, 5.41) is 4.97. The zero-order valence-electron chi connectivity index (χ0n) is 28.6. The van der Waals surface area contributed by atoms with Crippen LogP contribution in [-0.4, -0.2) is 32.7 Å². The van der Waals surface area contributed by atoms with Gasteiger partial charge in [0.15, 0.2) is 4.80 Å². The third-order valence-electron chi connectivity index (χ3n) is 8.44. The van der Waals surface area contributed by atoms with Gasteiger partial charge in [0, 0.05) is 22.2 Å². The second-order valence-electron chi connectivity index (χ2n) is 12.3. The van der Waals surface area contributed by atoms with Gasteiger partial charge in [0.25, 0.3) is 5.56 Å². The molecule has 3 heterocycles. The summed E-state index contributed by atoms with van der Waals surface area (Å²) in [6.45, 7) is 5.89. The Morgan fingerprint density at radius 1 is 0.941 bits per heavy atom. The molecule has 1 unspecified atom stereocenters. The van der Waals surface area contributed by atoms with Crippen molar-refractivity contribution < 1.29 is 14.3 Å². The number of para-hydroxylation sites is 1. The van der Waals surface area contributed by atoms with Gasteiger partial charge < -0.3 is 9.47 Å². The Balaban J connectivity index is 1.34. The summed E-state index contributed by atoms with van der Waals surface area (Å²) in [5.74, 6) is 0.259. The number of aromatic nitrogens is 3. The molecule has 51 heavy (non-hydrogen) atoms. The lowest BCUT2D eigenvalue weighted by molar-refractivity contribution is -0.140. The molecule has 0 saturated carbocycles. The van der Waals surface area contributed by atoms with Crippen LogP contribution in [0.1, 0.15) is 43.5 Å². The lowest BCUT2D eigenvalue weighted by atomic mass is 9.96. The van der Waals surface area contributed by atoms with E-state index in [0.29, 0.717) is 26.3 Å². The largest absolute Gasteiger partial charge is 0.491 e. The van der Waals surface area contributed by atoms with Gasteiger partial charge in [-0.3, -0.25) is 9.36 Å². The van der Waals surface area contributed by atoms with Gasteiger partial charge in [0.05, 0.1) is 33.6 Å². The molecule has 0 N–H and O–H groups in total. The summed E-state index contributed by atoms with van der Waals surface area (Å²) in [6, 6.07) is 34.4. The molecule has 0 bridgehead atoms. The fraction of sp³-hybridized carbons (Fsp3) is 0.171. The lowest BCUT2D eigenvalue weighted by Crippen LogP contribution is -2.39. The minimum Gasteiger partial charge on any atom is -0.491 e. The fourth-order valence-electron chi connectivity index (χ4n) is 6.02. The highest BCUT2D eigenvalue weighted by Crippen LogP contribution is 2.32. The van der Waals surface area contributed by atoms with Crippen molar-refractivity contribution >= 4 is 35.1 Å². The number of rotatable bonds is 10. The van der Waals surface area contributed by atoms with Crippen LogP contribution in [0.25, 0.3) is 23.0 Å². The second kappa shape index (κ2) is 14.8. The van der Waals surface area contributed by atoms with Crippen molar-refractivity contribution in [3.8, 4) is 22.7 Å². The number of hydrogen-bond acceptors (Lipinski definition) is 8. The molecule has 0 aliphatic carbocycles. The van der Waals surface area contributed by atoms with Crippen molar-refractivity contribution in [1.29, 1.82) is 0 Å². The number of hydrogen-bond donors (Lipinski definition) is 0. The topological polar surface area (TPSA) is 87.7 Å². The lowest BCUT2D eigenvalue weighted by Gasteiger charge is -2.25. The molecule has 7 rings (SSSR count). The van der Waals surface area contributed by atoms with E-state index in [2.05, 4.69) is 0 Å². The van der Waals surface area contributed by atoms with Crippen LogP contribution in [0.5, 0.6) is 5.75 Å². The maximum absolute atomic E-state index is 14.5. The minimum atomic E-state index is -0.720. The molecule has 1 atom stereocenters. The molecule has 8 nitrogen and oxygen atoms in total. The third kappa shape index (κ3) is 7.24. The van der Waals surface area contributed by atoms with E-state index in [1.165, 1.54) is 11.3 Å².